The number of hydrogen-bond donors (Lipinski definition) is 0. The molecule has 1 aliphatic rings. The molecule has 0 radical (unpaired) electrons. The topological polar surface area (TPSA) is 35.5 Å². The number of hydrogen-bond acceptors (Lipinski definition) is 3. The molecule has 0 atom stereocenters. The molecular formula is C17H11ClO3. The Hall–Kier alpha value is -2.52. The minimum atomic E-state index is -0.106. The highest BCUT2D eigenvalue weighted by Gasteiger charge is 2.11. The summed E-state index contributed by atoms with van der Waals surface area (Å²) >= 11 is 5.82. The van der Waals surface area contributed by atoms with E-state index in [1.165, 1.54) is 18.6 Å². The lowest BCUT2D eigenvalue weighted by Gasteiger charge is -2.12. The van der Waals surface area contributed by atoms with Crippen molar-refractivity contribution in [2.45, 2.75) is 0 Å². The van der Waals surface area contributed by atoms with Gasteiger partial charge in [0.25, 0.3) is 0 Å². The molecule has 0 saturated heterocycles. The summed E-state index contributed by atoms with van der Waals surface area (Å²) in [6.45, 7) is 0. The van der Waals surface area contributed by atoms with Crippen LogP contribution in [0.2, 0.25) is 5.02 Å². The molecular weight excluding hydrogens is 288 g/mol. The van der Waals surface area contributed by atoms with Gasteiger partial charge in [0.1, 0.15) is 12.5 Å². The summed E-state index contributed by atoms with van der Waals surface area (Å²) in [5, 5.41) is 0.665. The number of ketones is 1. The number of allylic oxidation sites excluding steroid dienone is 1. The first-order chi connectivity index (χ1) is 10.2. The van der Waals surface area contributed by atoms with Gasteiger partial charge < -0.3 is 9.47 Å². The van der Waals surface area contributed by atoms with Gasteiger partial charge in [-0.2, -0.15) is 0 Å². The van der Waals surface area contributed by atoms with Crippen molar-refractivity contribution in [2.24, 2.45) is 0 Å². The van der Waals surface area contributed by atoms with Gasteiger partial charge in [0.2, 0.25) is 0 Å². The smallest absolute Gasteiger partial charge is 0.185 e. The van der Waals surface area contributed by atoms with Crippen molar-refractivity contribution in [1.29, 1.82) is 0 Å². The molecule has 4 heteroatoms. The van der Waals surface area contributed by atoms with Crippen molar-refractivity contribution < 1.29 is 14.3 Å². The summed E-state index contributed by atoms with van der Waals surface area (Å²) in [7, 11) is 0. The zero-order valence-corrected chi connectivity index (χ0v) is 11.7. The fraction of sp³-hybridized carbons (Fsp3) is 0. The van der Waals surface area contributed by atoms with E-state index < -0.39 is 0 Å². The SMILES string of the molecule is O=C(/C=C/c1ccc(Cl)cc1)c1ccc2c(c1)OC=CO2. The number of carbonyl (C=O) groups excluding carboxylic acids is 1. The standard InChI is InChI=1S/C17H11ClO3/c18-14-5-1-12(2-6-14)3-7-15(19)13-4-8-16-17(11-13)21-10-9-20-16/h1-11H/b7-3+. The Morgan fingerprint density at radius 2 is 1.67 bits per heavy atom. The van der Waals surface area contributed by atoms with Crippen LogP contribution in [0, 0.1) is 0 Å². The summed E-state index contributed by atoms with van der Waals surface area (Å²) in [6.07, 6.45) is 6.14. The Morgan fingerprint density at radius 3 is 2.43 bits per heavy atom. The van der Waals surface area contributed by atoms with Crippen molar-refractivity contribution in [2.75, 3.05) is 0 Å². The summed E-state index contributed by atoms with van der Waals surface area (Å²) < 4.78 is 10.5. The minimum absolute atomic E-state index is 0.106. The van der Waals surface area contributed by atoms with E-state index in [-0.39, 0.29) is 5.78 Å². The van der Waals surface area contributed by atoms with Crippen LogP contribution in [-0.4, -0.2) is 5.78 Å². The van der Waals surface area contributed by atoms with Gasteiger partial charge >= 0.3 is 0 Å². The highest BCUT2D eigenvalue weighted by atomic mass is 35.5. The van der Waals surface area contributed by atoms with Gasteiger partial charge in [0, 0.05) is 10.6 Å². The van der Waals surface area contributed by atoms with Gasteiger partial charge in [-0.05, 0) is 42.0 Å². The third-order valence-electron chi connectivity index (χ3n) is 2.97. The third kappa shape index (κ3) is 3.15. The first kappa shape index (κ1) is 13.5. The van der Waals surface area contributed by atoms with Crippen LogP contribution in [0.4, 0.5) is 0 Å². The van der Waals surface area contributed by atoms with Gasteiger partial charge in [-0.25, -0.2) is 0 Å². The molecule has 0 spiro atoms. The quantitative estimate of drug-likeness (QED) is 0.619. The highest BCUT2D eigenvalue weighted by molar-refractivity contribution is 6.30. The third-order valence-corrected chi connectivity index (χ3v) is 3.22. The maximum Gasteiger partial charge on any atom is 0.185 e. The monoisotopic (exact) mass is 298 g/mol. The molecule has 0 saturated carbocycles. The average Bonchev–Trinajstić information content (AvgIpc) is 2.53. The number of rotatable bonds is 3. The Balaban J connectivity index is 1.78. The summed E-state index contributed by atoms with van der Waals surface area (Å²) in [5.74, 6) is 1.02. The van der Waals surface area contributed by atoms with Gasteiger partial charge in [0.15, 0.2) is 17.3 Å². The normalized spacial score (nSPS) is 12.6. The zero-order chi connectivity index (χ0) is 14.7. The van der Waals surface area contributed by atoms with Crippen LogP contribution >= 0.6 is 11.6 Å². The van der Waals surface area contributed by atoms with E-state index in [0.29, 0.717) is 22.1 Å². The number of ether oxygens (including phenoxy) is 2. The van der Waals surface area contributed by atoms with Crippen LogP contribution in [0.3, 0.4) is 0 Å². The molecule has 0 fully saturated rings. The van der Waals surface area contributed by atoms with Crippen LogP contribution in [0.15, 0.2) is 61.1 Å². The van der Waals surface area contributed by atoms with Crippen LogP contribution in [0.1, 0.15) is 15.9 Å². The summed E-state index contributed by atoms with van der Waals surface area (Å²) in [6, 6.07) is 12.3. The van der Waals surface area contributed by atoms with Crippen molar-refractivity contribution in [3.05, 3.63) is 77.2 Å². The molecule has 0 amide bonds. The average molecular weight is 299 g/mol. The van der Waals surface area contributed by atoms with E-state index in [2.05, 4.69) is 0 Å². The Morgan fingerprint density at radius 1 is 0.952 bits per heavy atom. The maximum absolute atomic E-state index is 12.1. The first-order valence-corrected chi connectivity index (χ1v) is 6.70. The van der Waals surface area contributed by atoms with Crippen LogP contribution in [-0.2, 0) is 0 Å². The van der Waals surface area contributed by atoms with E-state index in [0.717, 1.165) is 5.56 Å². The van der Waals surface area contributed by atoms with E-state index >= 15 is 0 Å². The predicted molar refractivity (Wildman–Crippen MR) is 81.7 cm³/mol. The zero-order valence-electron chi connectivity index (χ0n) is 11.0. The van der Waals surface area contributed by atoms with E-state index in [4.69, 9.17) is 21.1 Å². The molecule has 3 nitrogen and oxygen atoms in total. The lowest BCUT2D eigenvalue weighted by Crippen LogP contribution is -2.00. The Bertz CT molecular complexity index is 730. The molecule has 21 heavy (non-hydrogen) atoms. The molecule has 1 heterocycles. The van der Waals surface area contributed by atoms with Gasteiger partial charge in [-0.15, -0.1) is 0 Å². The van der Waals surface area contributed by atoms with Crippen molar-refractivity contribution >= 4 is 23.5 Å². The van der Waals surface area contributed by atoms with Crippen LogP contribution in [0.25, 0.3) is 6.08 Å². The second-order valence-corrected chi connectivity index (χ2v) is 4.85. The van der Waals surface area contributed by atoms with Gasteiger partial charge in [-0.3, -0.25) is 4.79 Å². The molecule has 0 N–H and O–H groups in total. The lowest BCUT2D eigenvalue weighted by molar-refractivity contribution is 0.104. The summed E-state index contributed by atoms with van der Waals surface area (Å²) in [4.78, 5) is 12.1. The highest BCUT2D eigenvalue weighted by Crippen LogP contribution is 2.31. The second-order valence-electron chi connectivity index (χ2n) is 4.42. The first-order valence-electron chi connectivity index (χ1n) is 6.33. The molecule has 2 aromatic carbocycles. The van der Waals surface area contributed by atoms with E-state index in [1.807, 2.05) is 12.1 Å². The van der Waals surface area contributed by atoms with Crippen molar-refractivity contribution in [3.63, 3.8) is 0 Å². The molecule has 0 bridgehead atoms. The Kier molecular flexibility index (Phi) is 3.75. The number of fused-ring (bicyclic) bond motifs is 1. The number of benzene rings is 2. The maximum atomic E-state index is 12.1. The largest absolute Gasteiger partial charge is 0.458 e. The molecule has 0 aliphatic carbocycles. The van der Waals surface area contributed by atoms with Crippen LogP contribution < -0.4 is 9.47 Å². The lowest BCUT2D eigenvalue weighted by atomic mass is 10.1. The van der Waals surface area contributed by atoms with Crippen LogP contribution in [0.5, 0.6) is 11.5 Å². The molecule has 1 aliphatic heterocycles. The molecule has 104 valence electrons. The molecule has 2 aromatic rings. The predicted octanol–water partition coefficient (Wildman–Crippen LogP) is 4.48. The fourth-order valence-corrected chi connectivity index (χ4v) is 2.02. The number of halogens is 1. The Labute approximate surface area is 127 Å². The van der Waals surface area contributed by atoms with E-state index in [9.17, 15) is 4.79 Å². The van der Waals surface area contributed by atoms with Crippen molar-refractivity contribution in [3.8, 4) is 11.5 Å². The van der Waals surface area contributed by atoms with Gasteiger partial charge in [-0.1, -0.05) is 29.8 Å². The van der Waals surface area contributed by atoms with E-state index in [1.54, 1.807) is 36.4 Å². The molecule has 0 unspecified atom stereocenters. The second kappa shape index (κ2) is 5.85. The molecule has 3 rings (SSSR count). The summed E-state index contributed by atoms with van der Waals surface area (Å²) in [5.41, 5.74) is 1.45. The molecule has 0 aromatic heterocycles. The van der Waals surface area contributed by atoms with Crippen molar-refractivity contribution in [1.82, 2.24) is 0 Å². The minimum Gasteiger partial charge on any atom is -0.458 e. The van der Waals surface area contributed by atoms with Gasteiger partial charge in [0.05, 0.1) is 0 Å². The number of carbonyl (C=O) groups is 1. The fourth-order valence-electron chi connectivity index (χ4n) is 1.89.